The van der Waals surface area contributed by atoms with E-state index >= 15 is 0 Å². The van der Waals surface area contributed by atoms with Gasteiger partial charge in [0.05, 0.1) is 20.0 Å². The molecule has 0 saturated carbocycles. The number of rotatable bonds is 2. The highest BCUT2D eigenvalue weighted by Gasteiger charge is 2.18. The zero-order chi connectivity index (χ0) is 15.1. The molecule has 0 bridgehead atoms. The second-order valence-corrected chi connectivity index (χ2v) is 7.39. The summed E-state index contributed by atoms with van der Waals surface area (Å²) in [5.41, 5.74) is 2.37. The fraction of sp³-hybridized carbons (Fsp3) is 0.133. The molecule has 108 valence electrons. The van der Waals surface area contributed by atoms with E-state index in [1.165, 1.54) is 6.07 Å². The molecule has 0 aliphatic heterocycles. The summed E-state index contributed by atoms with van der Waals surface area (Å²) in [7, 11) is 0. The van der Waals surface area contributed by atoms with Crippen LogP contribution >= 0.6 is 50.1 Å². The number of hydrogen-bond acceptors (Lipinski definition) is 1. The number of nitrogens with zero attached hydrogens (tertiary/aromatic N) is 2. The largest absolute Gasteiger partial charge is 0.295 e. The number of fused-ring (bicyclic) bond motifs is 1. The average molecular weight is 480 g/mol. The summed E-state index contributed by atoms with van der Waals surface area (Å²) in [6, 6.07) is 11.0. The van der Waals surface area contributed by atoms with Crippen molar-refractivity contribution in [2.75, 3.05) is 0 Å². The summed E-state index contributed by atoms with van der Waals surface area (Å²) in [5.74, 6) is 0.450. The molecule has 21 heavy (non-hydrogen) atoms. The molecular formula is C15H10BrClFIN2. The van der Waals surface area contributed by atoms with E-state index in [1.54, 1.807) is 6.07 Å². The highest BCUT2D eigenvalue weighted by atomic mass is 127. The van der Waals surface area contributed by atoms with Gasteiger partial charge < -0.3 is 0 Å². The van der Waals surface area contributed by atoms with Crippen LogP contribution < -0.4 is 0 Å². The van der Waals surface area contributed by atoms with Gasteiger partial charge in [-0.3, -0.25) is 4.57 Å². The Labute approximate surface area is 148 Å². The summed E-state index contributed by atoms with van der Waals surface area (Å²) in [6.45, 7) is 1.86. The number of hydrogen-bond donors (Lipinski definition) is 0. The fourth-order valence-corrected chi connectivity index (χ4v) is 3.08. The molecule has 1 unspecified atom stereocenters. The van der Waals surface area contributed by atoms with Gasteiger partial charge in [0.2, 0.25) is 0 Å². The van der Waals surface area contributed by atoms with Crippen LogP contribution in [0.4, 0.5) is 4.39 Å². The maximum Gasteiger partial charge on any atom is 0.138 e. The Bertz CT molecular complexity index is 815. The first kappa shape index (κ1) is 15.2. The zero-order valence-electron chi connectivity index (χ0n) is 10.9. The van der Waals surface area contributed by atoms with Gasteiger partial charge in [0, 0.05) is 16.2 Å². The SMILES string of the molecule is CC(Cl)c1nc2cc(I)c(F)cc2n1-c1ccc(Br)cc1. The standard InChI is InChI=1S/C15H10BrClFIN2/c1-8(17)15-20-13-7-12(19)11(18)6-14(13)21(15)10-4-2-9(16)3-5-10/h2-8H,1H3. The Balaban J connectivity index is 2.35. The quantitative estimate of drug-likeness (QED) is 0.334. The fourth-order valence-electron chi connectivity index (χ4n) is 2.22. The molecule has 0 saturated heterocycles. The highest BCUT2D eigenvalue weighted by molar-refractivity contribution is 14.1. The molecule has 0 aliphatic rings. The third-order valence-corrected chi connectivity index (χ3v) is 4.71. The topological polar surface area (TPSA) is 17.8 Å². The van der Waals surface area contributed by atoms with Gasteiger partial charge in [0.25, 0.3) is 0 Å². The molecule has 1 atom stereocenters. The molecule has 2 aromatic carbocycles. The summed E-state index contributed by atoms with van der Waals surface area (Å²) in [6.07, 6.45) is 0. The van der Waals surface area contributed by atoms with Gasteiger partial charge in [-0.05, 0) is 59.8 Å². The third-order valence-electron chi connectivity index (χ3n) is 3.16. The number of imidazole rings is 1. The summed E-state index contributed by atoms with van der Waals surface area (Å²) in [5, 5.41) is -0.276. The highest BCUT2D eigenvalue weighted by Crippen LogP contribution is 2.30. The van der Waals surface area contributed by atoms with E-state index in [0.717, 1.165) is 21.2 Å². The lowest BCUT2D eigenvalue weighted by atomic mass is 10.2. The van der Waals surface area contributed by atoms with E-state index in [-0.39, 0.29) is 11.2 Å². The lowest BCUT2D eigenvalue weighted by molar-refractivity contribution is 0.621. The summed E-state index contributed by atoms with van der Waals surface area (Å²) in [4.78, 5) is 4.56. The van der Waals surface area contributed by atoms with Crippen molar-refractivity contribution >= 4 is 61.2 Å². The van der Waals surface area contributed by atoms with Crippen molar-refractivity contribution in [3.05, 3.63) is 56.1 Å². The summed E-state index contributed by atoms with van der Waals surface area (Å²) < 4.78 is 17.4. The van der Waals surface area contributed by atoms with E-state index in [2.05, 4.69) is 20.9 Å². The van der Waals surface area contributed by atoms with Crippen molar-refractivity contribution in [1.29, 1.82) is 0 Å². The number of alkyl halides is 1. The van der Waals surface area contributed by atoms with Crippen molar-refractivity contribution in [1.82, 2.24) is 9.55 Å². The Kier molecular flexibility index (Phi) is 4.25. The van der Waals surface area contributed by atoms with Gasteiger partial charge in [-0.25, -0.2) is 9.37 Å². The minimum absolute atomic E-state index is 0.255. The molecule has 1 heterocycles. The minimum atomic E-state index is -0.276. The average Bonchev–Trinajstić information content (AvgIpc) is 2.79. The summed E-state index contributed by atoms with van der Waals surface area (Å²) >= 11 is 11.6. The van der Waals surface area contributed by atoms with Crippen LogP contribution in [-0.4, -0.2) is 9.55 Å². The number of aromatic nitrogens is 2. The van der Waals surface area contributed by atoms with E-state index in [1.807, 2.05) is 58.3 Å². The first-order chi connectivity index (χ1) is 9.97. The molecule has 0 radical (unpaired) electrons. The molecule has 1 aromatic heterocycles. The maximum absolute atomic E-state index is 13.9. The maximum atomic E-state index is 13.9. The van der Waals surface area contributed by atoms with Crippen LogP contribution in [0, 0.1) is 9.39 Å². The normalized spacial score (nSPS) is 12.8. The first-order valence-electron chi connectivity index (χ1n) is 6.25. The molecule has 6 heteroatoms. The van der Waals surface area contributed by atoms with Gasteiger partial charge in [-0.2, -0.15) is 0 Å². The van der Waals surface area contributed by atoms with Crippen LogP contribution in [0.25, 0.3) is 16.7 Å². The zero-order valence-corrected chi connectivity index (χ0v) is 15.4. The van der Waals surface area contributed by atoms with E-state index < -0.39 is 0 Å². The molecule has 0 fully saturated rings. The van der Waals surface area contributed by atoms with Crippen LogP contribution in [0.15, 0.2) is 40.9 Å². The monoisotopic (exact) mass is 478 g/mol. The van der Waals surface area contributed by atoms with Gasteiger partial charge in [0.15, 0.2) is 0 Å². The molecule has 3 rings (SSSR count). The van der Waals surface area contributed by atoms with Crippen LogP contribution in [0.5, 0.6) is 0 Å². The van der Waals surface area contributed by atoms with Gasteiger partial charge in [-0.15, -0.1) is 11.6 Å². The minimum Gasteiger partial charge on any atom is -0.295 e. The molecule has 3 aromatic rings. The van der Waals surface area contributed by atoms with E-state index in [4.69, 9.17) is 11.6 Å². The number of benzene rings is 2. The predicted molar refractivity (Wildman–Crippen MR) is 95.7 cm³/mol. The lowest BCUT2D eigenvalue weighted by Gasteiger charge is -2.10. The molecule has 0 spiro atoms. The lowest BCUT2D eigenvalue weighted by Crippen LogP contribution is -2.01. The second-order valence-electron chi connectivity index (χ2n) is 4.65. The smallest absolute Gasteiger partial charge is 0.138 e. The van der Waals surface area contributed by atoms with Gasteiger partial charge >= 0.3 is 0 Å². The van der Waals surface area contributed by atoms with Crippen molar-refractivity contribution in [3.63, 3.8) is 0 Å². The molecule has 2 nitrogen and oxygen atoms in total. The van der Waals surface area contributed by atoms with Crippen molar-refractivity contribution < 1.29 is 4.39 Å². The molecular weight excluding hydrogens is 469 g/mol. The van der Waals surface area contributed by atoms with Crippen LogP contribution in [0.1, 0.15) is 18.1 Å². The Hall–Kier alpha value is -0.660. The van der Waals surface area contributed by atoms with E-state index in [9.17, 15) is 4.39 Å². The Morgan fingerprint density at radius 3 is 2.57 bits per heavy atom. The van der Waals surface area contributed by atoms with Crippen LogP contribution in [-0.2, 0) is 0 Å². The second kappa shape index (κ2) is 5.85. The van der Waals surface area contributed by atoms with Crippen molar-refractivity contribution in [2.24, 2.45) is 0 Å². The van der Waals surface area contributed by atoms with Gasteiger partial charge in [0.1, 0.15) is 11.6 Å². The van der Waals surface area contributed by atoms with Gasteiger partial charge in [-0.1, -0.05) is 15.9 Å². The predicted octanol–water partition coefficient (Wildman–Crippen LogP) is 5.83. The molecule has 0 amide bonds. The van der Waals surface area contributed by atoms with Crippen LogP contribution in [0.3, 0.4) is 0 Å². The number of halogens is 4. The third kappa shape index (κ3) is 2.83. The molecule has 0 N–H and O–H groups in total. The first-order valence-corrected chi connectivity index (χ1v) is 8.55. The molecule has 0 aliphatic carbocycles. The Morgan fingerprint density at radius 2 is 1.95 bits per heavy atom. The van der Waals surface area contributed by atoms with E-state index in [0.29, 0.717) is 9.39 Å². The van der Waals surface area contributed by atoms with Crippen LogP contribution in [0.2, 0.25) is 0 Å². The van der Waals surface area contributed by atoms with Crippen molar-refractivity contribution in [2.45, 2.75) is 12.3 Å². The van der Waals surface area contributed by atoms with Crippen molar-refractivity contribution in [3.8, 4) is 5.69 Å². The Morgan fingerprint density at radius 1 is 1.29 bits per heavy atom.